The third-order valence-electron chi connectivity index (χ3n) is 5.37. The minimum absolute atomic E-state index is 0.876. The molecule has 1 aromatic heterocycles. The number of aromatic nitrogens is 1. The molecule has 3 aromatic rings. The Labute approximate surface area is 167 Å². The topological polar surface area (TPSA) is 25.4 Å². The molecular formula is C25H26N2O. The second-order valence-electron chi connectivity index (χ2n) is 7.21. The molecule has 0 amide bonds. The van der Waals surface area contributed by atoms with Crippen molar-refractivity contribution in [2.75, 3.05) is 26.7 Å². The molecule has 0 unspecified atom stereocenters. The van der Waals surface area contributed by atoms with Crippen LogP contribution < -0.4 is 4.74 Å². The molecule has 3 nitrogen and oxygen atoms in total. The van der Waals surface area contributed by atoms with E-state index in [9.17, 15) is 0 Å². The van der Waals surface area contributed by atoms with Crippen LogP contribution in [0.5, 0.6) is 5.75 Å². The zero-order chi connectivity index (χ0) is 19.2. The van der Waals surface area contributed by atoms with Crippen LogP contribution in [0, 0.1) is 0 Å². The molecular weight excluding hydrogens is 344 g/mol. The Hall–Kier alpha value is -2.91. The van der Waals surface area contributed by atoms with E-state index in [-0.39, 0.29) is 0 Å². The summed E-state index contributed by atoms with van der Waals surface area (Å²) in [7, 11) is 1.69. The normalized spacial score (nSPS) is 14.5. The van der Waals surface area contributed by atoms with E-state index in [2.05, 4.69) is 64.5 Å². The molecule has 2 heterocycles. The maximum atomic E-state index is 5.24. The number of methoxy groups -OCH3 is 1. The van der Waals surface area contributed by atoms with Gasteiger partial charge in [0.05, 0.1) is 7.11 Å². The zero-order valence-corrected chi connectivity index (χ0v) is 16.3. The maximum Gasteiger partial charge on any atom is 0.118 e. The van der Waals surface area contributed by atoms with Crippen molar-refractivity contribution in [1.82, 2.24) is 9.88 Å². The van der Waals surface area contributed by atoms with Crippen molar-refractivity contribution in [3.8, 4) is 16.9 Å². The molecule has 4 rings (SSSR count). The summed E-state index contributed by atoms with van der Waals surface area (Å²) in [6, 6.07) is 21.1. The van der Waals surface area contributed by atoms with Gasteiger partial charge in [-0.2, -0.15) is 0 Å². The summed E-state index contributed by atoms with van der Waals surface area (Å²) in [4.78, 5) is 6.98. The molecule has 0 aliphatic carbocycles. The van der Waals surface area contributed by atoms with Crippen molar-refractivity contribution in [1.29, 1.82) is 0 Å². The number of rotatable bonds is 6. The molecule has 1 aliphatic heterocycles. The van der Waals surface area contributed by atoms with Crippen molar-refractivity contribution in [2.24, 2.45) is 0 Å². The van der Waals surface area contributed by atoms with Crippen LogP contribution in [0.2, 0.25) is 0 Å². The summed E-state index contributed by atoms with van der Waals surface area (Å²) in [5.41, 5.74) is 6.44. The van der Waals surface area contributed by atoms with Gasteiger partial charge in [0, 0.05) is 37.6 Å². The van der Waals surface area contributed by atoms with Crippen LogP contribution in [0.15, 0.2) is 79.1 Å². The molecule has 2 aromatic carbocycles. The summed E-state index contributed by atoms with van der Waals surface area (Å²) in [6.07, 6.45) is 8.44. The van der Waals surface area contributed by atoms with Gasteiger partial charge in [0.15, 0.2) is 0 Å². The van der Waals surface area contributed by atoms with Gasteiger partial charge in [0.25, 0.3) is 0 Å². The fourth-order valence-corrected chi connectivity index (χ4v) is 3.68. The standard InChI is InChI=1S/C25H26N2O/c1-28-25-9-7-22(8-10-25)24-17-20(18-26-19-24)11-14-27-15-12-23(13-16-27)21-5-3-2-4-6-21/h2-10,12,17-19H,11,13-16H2,1H3. The lowest BCUT2D eigenvalue weighted by Gasteiger charge is -2.26. The number of hydrogen-bond acceptors (Lipinski definition) is 3. The number of hydrogen-bond donors (Lipinski definition) is 0. The minimum Gasteiger partial charge on any atom is -0.497 e. The molecule has 0 saturated carbocycles. The third-order valence-corrected chi connectivity index (χ3v) is 5.37. The molecule has 0 bridgehead atoms. The van der Waals surface area contributed by atoms with Crippen molar-refractivity contribution in [3.05, 3.63) is 90.3 Å². The first-order valence-corrected chi connectivity index (χ1v) is 9.87. The van der Waals surface area contributed by atoms with Crippen LogP contribution in [0.25, 0.3) is 16.7 Å². The third kappa shape index (κ3) is 4.49. The van der Waals surface area contributed by atoms with E-state index in [1.165, 1.54) is 22.3 Å². The fourth-order valence-electron chi connectivity index (χ4n) is 3.68. The Morgan fingerprint density at radius 3 is 2.46 bits per heavy atom. The van der Waals surface area contributed by atoms with Crippen molar-refractivity contribution in [3.63, 3.8) is 0 Å². The largest absolute Gasteiger partial charge is 0.497 e. The average Bonchev–Trinajstić information content (AvgIpc) is 2.79. The van der Waals surface area contributed by atoms with Gasteiger partial charge >= 0.3 is 0 Å². The molecule has 28 heavy (non-hydrogen) atoms. The Bertz CT molecular complexity index is 932. The van der Waals surface area contributed by atoms with E-state index in [4.69, 9.17) is 4.74 Å². The molecule has 0 N–H and O–H groups in total. The summed E-state index contributed by atoms with van der Waals surface area (Å²) in [5.74, 6) is 0.876. The van der Waals surface area contributed by atoms with Gasteiger partial charge in [-0.05, 0) is 53.3 Å². The molecule has 3 heteroatoms. The predicted molar refractivity (Wildman–Crippen MR) is 115 cm³/mol. The van der Waals surface area contributed by atoms with Gasteiger partial charge in [0.1, 0.15) is 5.75 Å². The second kappa shape index (κ2) is 8.85. The minimum atomic E-state index is 0.876. The highest BCUT2D eigenvalue weighted by atomic mass is 16.5. The zero-order valence-electron chi connectivity index (χ0n) is 16.3. The van der Waals surface area contributed by atoms with Gasteiger partial charge in [-0.3, -0.25) is 9.88 Å². The lowest BCUT2D eigenvalue weighted by Crippen LogP contribution is -2.30. The Kier molecular flexibility index (Phi) is 5.83. The smallest absolute Gasteiger partial charge is 0.118 e. The van der Waals surface area contributed by atoms with E-state index in [0.29, 0.717) is 0 Å². The number of ether oxygens (including phenoxy) is 1. The first kappa shape index (κ1) is 18.5. The Balaban J connectivity index is 1.36. The van der Waals surface area contributed by atoms with E-state index >= 15 is 0 Å². The van der Waals surface area contributed by atoms with Crippen LogP contribution in [-0.2, 0) is 6.42 Å². The van der Waals surface area contributed by atoms with Crippen LogP contribution >= 0.6 is 0 Å². The lowest BCUT2D eigenvalue weighted by molar-refractivity contribution is 0.306. The molecule has 142 valence electrons. The Morgan fingerprint density at radius 2 is 1.75 bits per heavy atom. The molecule has 0 atom stereocenters. The van der Waals surface area contributed by atoms with E-state index in [1.54, 1.807) is 7.11 Å². The summed E-state index contributed by atoms with van der Waals surface area (Å²) >= 11 is 0. The highest BCUT2D eigenvalue weighted by molar-refractivity contribution is 5.66. The van der Waals surface area contributed by atoms with E-state index in [1.807, 2.05) is 24.5 Å². The van der Waals surface area contributed by atoms with Gasteiger partial charge < -0.3 is 4.74 Å². The Morgan fingerprint density at radius 1 is 0.929 bits per heavy atom. The van der Waals surface area contributed by atoms with Gasteiger partial charge in [-0.25, -0.2) is 0 Å². The number of nitrogens with zero attached hydrogens (tertiary/aromatic N) is 2. The quantitative estimate of drug-likeness (QED) is 0.604. The number of pyridine rings is 1. The predicted octanol–water partition coefficient (Wildman–Crippen LogP) is 5.09. The SMILES string of the molecule is COc1ccc(-c2cncc(CCN3CC=C(c4ccccc4)CC3)c2)cc1. The highest BCUT2D eigenvalue weighted by Gasteiger charge is 2.13. The van der Waals surface area contributed by atoms with Crippen LogP contribution in [0.1, 0.15) is 17.5 Å². The van der Waals surface area contributed by atoms with Crippen LogP contribution in [0.3, 0.4) is 0 Å². The van der Waals surface area contributed by atoms with E-state index < -0.39 is 0 Å². The maximum absolute atomic E-state index is 5.24. The lowest BCUT2D eigenvalue weighted by atomic mass is 9.99. The number of benzene rings is 2. The monoisotopic (exact) mass is 370 g/mol. The molecule has 0 saturated heterocycles. The van der Waals surface area contributed by atoms with Gasteiger partial charge in [0.2, 0.25) is 0 Å². The summed E-state index contributed by atoms with van der Waals surface area (Å²) in [6.45, 7) is 3.20. The fraction of sp³-hybridized carbons (Fsp3) is 0.240. The van der Waals surface area contributed by atoms with Crippen LogP contribution in [-0.4, -0.2) is 36.6 Å². The first-order chi connectivity index (χ1) is 13.8. The van der Waals surface area contributed by atoms with Gasteiger partial charge in [-0.1, -0.05) is 48.5 Å². The summed E-state index contributed by atoms with van der Waals surface area (Å²) in [5, 5.41) is 0. The molecule has 0 fully saturated rings. The molecule has 0 radical (unpaired) electrons. The van der Waals surface area contributed by atoms with E-state index in [0.717, 1.165) is 43.8 Å². The second-order valence-corrected chi connectivity index (χ2v) is 7.21. The first-order valence-electron chi connectivity index (χ1n) is 9.87. The van der Waals surface area contributed by atoms with Crippen LogP contribution in [0.4, 0.5) is 0 Å². The summed E-state index contributed by atoms with van der Waals surface area (Å²) < 4.78 is 5.24. The average molecular weight is 370 g/mol. The molecule has 0 spiro atoms. The molecule has 1 aliphatic rings. The van der Waals surface area contributed by atoms with Crippen molar-refractivity contribution in [2.45, 2.75) is 12.8 Å². The highest BCUT2D eigenvalue weighted by Crippen LogP contribution is 2.24. The van der Waals surface area contributed by atoms with Crippen molar-refractivity contribution < 1.29 is 4.74 Å². The van der Waals surface area contributed by atoms with Gasteiger partial charge in [-0.15, -0.1) is 0 Å². The van der Waals surface area contributed by atoms with Crippen molar-refractivity contribution >= 4 is 5.57 Å².